The fourth-order valence-electron chi connectivity index (χ4n) is 2.91. The fraction of sp³-hybridized carbons (Fsp3) is 0.842. The van der Waals surface area contributed by atoms with Crippen LogP contribution >= 0.6 is 0 Å². The maximum atomic E-state index is 11.6. The lowest BCUT2D eigenvalue weighted by Crippen LogP contribution is -2.37. The van der Waals surface area contributed by atoms with Gasteiger partial charge in [-0.1, -0.05) is 58.1 Å². The van der Waals surface area contributed by atoms with Crippen LogP contribution in [-0.4, -0.2) is 21.5 Å². The van der Waals surface area contributed by atoms with Gasteiger partial charge in [-0.2, -0.15) is 0 Å². The van der Waals surface area contributed by atoms with Crippen molar-refractivity contribution in [2.75, 3.05) is 0 Å². The van der Waals surface area contributed by atoms with Gasteiger partial charge in [-0.3, -0.25) is 14.9 Å². The smallest absolute Gasteiger partial charge is 0.303 e. The Morgan fingerprint density at radius 1 is 1.04 bits per heavy atom. The zero-order valence-electron chi connectivity index (χ0n) is 15.5. The predicted molar refractivity (Wildman–Crippen MR) is 97.9 cm³/mol. The Labute approximate surface area is 146 Å². The Hall–Kier alpha value is -1.39. The van der Waals surface area contributed by atoms with Gasteiger partial charge in [-0.15, -0.1) is 0 Å². The van der Waals surface area contributed by atoms with Crippen LogP contribution in [0.3, 0.4) is 0 Å². The number of hydrogen-bond donors (Lipinski definition) is 1. The lowest BCUT2D eigenvalue weighted by atomic mass is 9.86. The number of nitrogens with zero attached hydrogens (tertiary/aromatic N) is 1. The Bertz CT molecular complexity index is 382. The van der Waals surface area contributed by atoms with Gasteiger partial charge in [0, 0.05) is 30.6 Å². The summed E-state index contributed by atoms with van der Waals surface area (Å²) in [7, 11) is 0. The van der Waals surface area contributed by atoms with E-state index < -0.39 is 11.5 Å². The van der Waals surface area contributed by atoms with Gasteiger partial charge in [-0.05, 0) is 25.7 Å². The molecule has 0 rings (SSSR count). The second kappa shape index (κ2) is 14.0. The van der Waals surface area contributed by atoms with Crippen molar-refractivity contribution in [3.05, 3.63) is 22.3 Å². The molecule has 0 aliphatic carbocycles. The highest BCUT2D eigenvalue weighted by Crippen LogP contribution is 2.28. The minimum atomic E-state index is -0.831. The zero-order valence-corrected chi connectivity index (χ0v) is 15.5. The zero-order chi connectivity index (χ0) is 18.3. The molecule has 0 aliphatic rings. The molecule has 0 spiro atoms. The maximum Gasteiger partial charge on any atom is 0.303 e. The van der Waals surface area contributed by atoms with Crippen molar-refractivity contribution in [1.29, 1.82) is 0 Å². The number of allylic oxidation sites excluding steroid dienone is 1. The number of rotatable bonds is 16. The molecule has 24 heavy (non-hydrogen) atoms. The predicted octanol–water partition coefficient (Wildman–Crippen LogP) is 5.75. The summed E-state index contributed by atoms with van der Waals surface area (Å²) in [6.45, 7) is 4.07. The van der Waals surface area contributed by atoms with Gasteiger partial charge in [0.05, 0.1) is 0 Å². The maximum absolute atomic E-state index is 11.6. The van der Waals surface area contributed by atoms with E-state index >= 15 is 0 Å². The Balaban J connectivity index is 4.15. The van der Waals surface area contributed by atoms with E-state index in [-0.39, 0.29) is 11.3 Å². The van der Waals surface area contributed by atoms with Crippen molar-refractivity contribution in [3.63, 3.8) is 0 Å². The van der Waals surface area contributed by atoms with Crippen LogP contribution in [0.2, 0.25) is 0 Å². The van der Waals surface area contributed by atoms with Crippen molar-refractivity contribution in [3.8, 4) is 0 Å². The molecule has 1 unspecified atom stereocenters. The minimum Gasteiger partial charge on any atom is -0.481 e. The quantitative estimate of drug-likeness (QED) is 0.168. The van der Waals surface area contributed by atoms with E-state index in [4.69, 9.17) is 5.11 Å². The lowest BCUT2D eigenvalue weighted by Gasteiger charge is -2.22. The number of nitro groups is 1. The number of carbonyl (C=O) groups is 1. The van der Waals surface area contributed by atoms with Crippen LogP contribution < -0.4 is 0 Å². The summed E-state index contributed by atoms with van der Waals surface area (Å²) >= 11 is 0. The monoisotopic (exact) mass is 341 g/mol. The molecular formula is C19H35NO4. The van der Waals surface area contributed by atoms with Gasteiger partial charge in [-0.25, -0.2) is 0 Å². The number of unbranched alkanes of at least 4 members (excludes halogenated alkanes) is 7. The topological polar surface area (TPSA) is 80.4 Å². The first-order chi connectivity index (χ1) is 11.5. The van der Waals surface area contributed by atoms with E-state index in [2.05, 4.69) is 13.0 Å². The standard InChI is InChI=1S/C19H35NO4/c1-3-5-6-7-10-13-16-19(4-2,20(23)24)17-14-11-8-9-12-15-18(21)22/h10,13H,3-9,11-12,14-17H2,1-2H3,(H,21,22)/b13-10-. The summed E-state index contributed by atoms with van der Waals surface area (Å²) in [6, 6.07) is 0. The van der Waals surface area contributed by atoms with Crippen molar-refractivity contribution in [1.82, 2.24) is 0 Å². The van der Waals surface area contributed by atoms with Crippen LogP contribution in [0.15, 0.2) is 12.2 Å². The summed E-state index contributed by atoms with van der Waals surface area (Å²) in [4.78, 5) is 21.9. The third-order valence-electron chi connectivity index (χ3n) is 4.72. The van der Waals surface area contributed by atoms with E-state index in [1.807, 2.05) is 13.0 Å². The molecule has 1 atom stereocenters. The first kappa shape index (κ1) is 22.6. The molecule has 0 radical (unpaired) electrons. The van der Waals surface area contributed by atoms with Crippen LogP contribution in [0.1, 0.15) is 97.3 Å². The first-order valence-electron chi connectivity index (χ1n) is 9.49. The minimum absolute atomic E-state index is 0.0895. The SMILES string of the molecule is CCCCC/C=C\CC(CC)(CCCCCCCC(=O)O)[N+](=O)[O-]. The molecule has 0 aliphatic heterocycles. The highest BCUT2D eigenvalue weighted by Gasteiger charge is 2.38. The van der Waals surface area contributed by atoms with Crippen molar-refractivity contribution < 1.29 is 14.8 Å². The molecule has 0 aromatic rings. The molecule has 0 saturated heterocycles. The largest absolute Gasteiger partial charge is 0.481 e. The van der Waals surface area contributed by atoms with E-state index in [9.17, 15) is 14.9 Å². The Kier molecular flexibility index (Phi) is 13.2. The van der Waals surface area contributed by atoms with E-state index in [1.165, 1.54) is 12.8 Å². The lowest BCUT2D eigenvalue weighted by molar-refractivity contribution is -0.571. The average molecular weight is 341 g/mol. The van der Waals surface area contributed by atoms with E-state index in [0.717, 1.165) is 38.5 Å². The fourth-order valence-corrected chi connectivity index (χ4v) is 2.91. The third kappa shape index (κ3) is 10.4. The molecular weight excluding hydrogens is 306 g/mol. The molecule has 0 aromatic carbocycles. The highest BCUT2D eigenvalue weighted by atomic mass is 16.6. The Morgan fingerprint density at radius 3 is 2.29 bits per heavy atom. The second-order valence-electron chi connectivity index (χ2n) is 6.67. The van der Waals surface area contributed by atoms with Gasteiger partial charge in [0.15, 0.2) is 0 Å². The van der Waals surface area contributed by atoms with Crippen LogP contribution in [0.5, 0.6) is 0 Å². The average Bonchev–Trinajstić information content (AvgIpc) is 2.54. The van der Waals surface area contributed by atoms with Crippen LogP contribution in [0.4, 0.5) is 0 Å². The molecule has 0 aromatic heterocycles. The van der Waals surface area contributed by atoms with Crippen molar-refractivity contribution >= 4 is 5.97 Å². The molecule has 1 N–H and O–H groups in total. The van der Waals surface area contributed by atoms with Gasteiger partial charge in [0.2, 0.25) is 5.54 Å². The number of carboxylic acids is 1. The molecule has 5 heteroatoms. The number of carboxylic acid groups (broad SMARTS) is 1. The number of aliphatic carboxylic acids is 1. The summed E-state index contributed by atoms with van der Waals surface area (Å²) in [6.07, 6.45) is 14.9. The molecule has 0 amide bonds. The first-order valence-corrected chi connectivity index (χ1v) is 9.49. The molecule has 0 fully saturated rings. The Morgan fingerprint density at radius 2 is 1.71 bits per heavy atom. The molecule has 0 saturated carbocycles. The van der Waals surface area contributed by atoms with Crippen LogP contribution in [0.25, 0.3) is 0 Å². The molecule has 0 heterocycles. The summed E-state index contributed by atoms with van der Waals surface area (Å²) < 4.78 is 0. The van der Waals surface area contributed by atoms with Crippen molar-refractivity contribution in [2.45, 2.75) is 103 Å². The van der Waals surface area contributed by atoms with Crippen LogP contribution in [0, 0.1) is 10.1 Å². The summed E-state index contributed by atoms with van der Waals surface area (Å²) in [5, 5.41) is 20.2. The highest BCUT2D eigenvalue weighted by molar-refractivity contribution is 5.66. The van der Waals surface area contributed by atoms with Gasteiger partial charge in [0.1, 0.15) is 0 Å². The van der Waals surface area contributed by atoms with Gasteiger partial charge >= 0.3 is 5.97 Å². The van der Waals surface area contributed by atoms with E-state index in [1.54, 1.807) is 0 Å². The van der Waals surface area contributed by atoms with Crippen molar-refractivity contribution in [2.24, 2.45) is 0 Å². The molecule has 5 nitrogen and oxygen atoms in total. The normalized spacial score (nSPS) is 13.9. The third-order valence-corrected chi connectivity index (χ3v) is 4.72. The summed E-state index contributed by atoms with van der Waals surface area (Å²) in [5.41, 5.74) is -0.831. The second-order valence-corrected chi connectivity index (χ2v) is 6.67. The summed E-state index contributed by atoms with van der Waals surface area (Å²) in [5.74, 6) is -0.751. The number of hydrogen-bond acceptors (Lipinski definition) is 3. The van der Waals surface area contributed by atoms with Crippen LogP contribution in [-0.2, 0) is 4.79 Å². The molecule has 140 valence electrons. The van der Waals surface area contributed by atoms with Gasteiger partial charge in [0.25, 0.3) is 0 Å². The van der Waals surface area contributed by atoms with E-state index in [0.29, 0.717) is 25.7 Å². The molecule has 0 bridgehead atoms. The van der Waals surface area contributed by atoms with Gasteiger partial charge < -0.3 is 5.11 Å².